The highest BCUT2D eigenvalue weighted by molar-refractivity contribution is 6.05. The number of alkyl halides is 3. The third-order valence-corrected chi connectivity index (χ3v) is 9.15. The van der Waals surface area contributed by atoms with E-state index in [-0.39, 0.29) is 19.5 Å². The summed E-state index contributed by atoms with van der Waals surface area (Å²) in [6.45, 7) is 3.58. The van der Waals surface area contributed by atoms with Crippen molar-refractivity contribution in [3.05, 3.63) is 78.0 Å². The standard InChI is InChI=1S/C35H39F3N4O3/c1-4-42-20-16-34(17-21-42,35(36,37)38)33(45)40-30(32(43)44)22-24-9-6-11-27-25(24)10-7-13-29(27)31-28-12-5-8-23(15-19-41(2)3)26(28)14-18-39-31/h5-14,18,30H,4,15-17,19-22H2,1-3H3,(H,40,45)(H,43,44)/t30-/m0/s1. The van der Waals surface area contributed by atoms with Crippen molar-refractivity contribution in [1.82, 2.24) is 20.1 Å². The van der Waals surface area contributed by atoms with Crippen molar-refractivity contribution in [3.63, 3.8) is 0 Å². The molecule has 5 rings (SSSR count). The van der Waals surface area contributed by atoms with E-state index in [9.17, 15) is 27.9 Å². The first-order valence-electron chi connectivity index (χ1n) is 15.3. The molecule has 238 valence electrons. The van der Waals surface area contributed by atoms with Gasteiger partial charge in [-0.15, -0.1) is 0 Å². The first-order chi connectivity index (χ1) is 21.4. The predicted octanol–water partition coefficient (Wildman–Crippen LogP) is 5.94. The number of nitrogens with one attached hydrogen (secondary N) is 1. The van der Waals surface area contributed by atoms with Gasteiger partial charge in [0.05, 0.1) is 5.69 Å². The smallest absolute Gasteiger partial charge is 0.403 e. The van der Waals surface area contributed by atoms with Crippen LogP contribution in [0.5, 0.6) is 0 Å². The fourth-order valence-corrected chi connectivity index (χ4v) is 6.42. The van der Waals surface area contributed by atoms with Crippen LogP contribution in [0.4, 0.5) is 13.2 Å². The lowest BCUT2D eigenvalue weighted by Crippen LogP contribution is -2.59. The van der Waals surface area contributed by atoms with Crippen LogP contribution < -0.4 is 5.32 Å². The minimum atomic E-state index is -4.80. The second kappa shape index (κ2) is 13.1. The summed E-state index contributed by atoms with van der Waals surface area (Å²) in [4.78, 5) is 34.4. The fourth-order valence-electron chi connectivity index (χ4n) is 6.42. The van der Waals surface area contributed by atoms with Crippen LogP contribution in [0.15, 0.2) is 66.9 Å². The van der Waals surface area contributed by atoms with E-state index in [0.717, 1.165) is 45.8 Å². The molecule has 3 aromatic carbocycles. The lowest BCUT2D eigenvalue weighted by atomic mass is 9.76. The molecule has 4 aromatic rings. The molecule has 1 amide bonds. The molecule has 1 atom stereocenters. The van der Waals surface area contributed by atoms with Gasteiger partial charge in [0.25, 0.3) is 0 Å². The summed E-state index contributed by atoms with van der Waals surface area (Å²) >= 11 is 0. The molecule has 0 radical (unpaired) electrons. The number of carbonyl (C=O) groups excluding carboxylic acids is 1. The van der Waals surface area contributed by atoms with Crippen LogP contribution in [0.2, 0.25) is 0 Å². The van der Waals surface area contributed by atoms with Crippen LogP contribution in [-0.2, 0) is 22.4 Å². The van der Waals surface area contributed by atoms with Crippen molar-refractivity contribution >= 4 is 33.4 Å². The van der Waals surface area contributed by atoms with Gasteiger partial charge in [0.2, 0.25) is 5.91 Å². The molecule has 0 spiro atoms. The molecule has 2 N–H and O–H groups in total. The number of benzene rings is 3. The van der Waals surface area contributed by atoms with Crippen LogP contribution in [0.25, 0.3) is 32.8 Å². The van der Waals surface area contributed by atoms with Crippen molar-refractivity contribution < 1.29 is 27.9 Å². The molecular formula is C35H39F3N4O3. The minimum absolute atomic E-state index is 0.118. The van der Waals surface area contributed by atoms with E-state index in [2.05, 4.69) is 16.3 Å². The summed E-state index contributed by atoms with van der Waals surface area (Å²) < 4.78 is 43.0. The highest BCUT2D eigenvalue weighted by atomic mass is 19.4. The molecule has 10 heteroatoms. The molecule has 0 unspecified atom stereocenters. The number of pyridine rings is 1. The zero-order valence-corrected chi connectivity index (χ0v) is 25.8. The van der Waals surface area contributed by atoms with Gasteiger partial charge in [-0.05, 0) is 86.3 Å². The Bertz CT molecular complexity index is 1700. The lowest BCUT2D eigenvalue weighted by molar-refractivity contribution is -0.233. The molecule has 1 aliphatic heterocycles. The maximum absolute atomic E-state index is 14.3. The molecule has 1 fully saturated rings. The topological polar surface area (TPSA) is 85.8 Å². The molecule has 2 heterocycles. The van der Waals surface area contributed by atoms with Gasteiger partial charge >= 0.3 is 12.1 Å². The molecular weight excluding hydrogens is 581 g/mol. The molecule has 7 nitrogen and oxygen atoms in total. The van der Waals surface area contributed by atoms with Gasteiger partial charge in [0.15, 0.2) is 0 Å². The molecule has 1 saturated heterocycles. The maximum Gasteiger partial charge on any atom is 0.403 e. The van der Waals surface area contributed by atoms with Crippen molar-refractivity contribution in [2.45, 2.75) is 44.8 Å². The number of amides is 1. The van der Waals surface area contributed by atoms with Crippen LogP contribution in [-0.4, -0.2) is 84.3 Å². The Hall–Kier alpha value is -4.02. The molecule has 0 aliphatic carbocycles. The zero-order chi connectivity index (χ0) is 32.4. The van der Waals surface area contributed by atoms with Crippen LogP contribution in [0.3, 0.4) is 0 Å². The summed E-state index contributed by atoms with van der Waals surface area (Å²) in [6.07, 6.45) is -3.12. The Morgan fingerprint density at radius 2 is 1.58 bits per heavy atom. The zero-order valence-electron chi connectivity index (χ0n) is 25.8. The number of hydrogen-bond donors (Lipinski definition) is 2. The van der Waals surface area contributed by atoms with Gasteiger partial charge in [0.1, 0.15) is 11.5 Å². The van der Waals surface area contributed by atoms with E-state index in [1.807, 2.05) is 68.4 Å². The molecule has 0 bridgehead atoms. The molecule has 0 saturated carbocycles. The second-order valence-corrected chi connectivity index (χ2v) is 12.1. The Morgan fingerprint density at radius 3 is 2.22 bits per heavy atom. The predicted molar refractivity (Wildman–Crippen MR) is 170 cm³/mol. The third kappa shape index (κ3) is 6.53. The van der Waals surface area contributed by atoms with Gasteiger partial charge in [-0.1, -0.05) is 61.5 Å². The van der Waals surface area contributed by atoms with E-state index in [0.29, 0.717) is 12.1 Å². The number of likely N-dealkylation sites (N-methyl/N-ethyl adjacent to an activating group) is 1. The minimum Gasteiger partial charge on any atom is -0.480 e. The van der Waals surface area contributed by atoms with Crippen molar-refractivity contribution in [1.29, 1.82) is 0 Å². The monoisotopic (exact) mass is 620 g/mol. The fraction of sp³-hybridized carbons (Fsp3) is 0.400. The number of hydrogen-bond acceptors (Lipinski definition) is 5. The number of rotatable bonds is 10. The first-order valence-corrected chi connectivity index (χ1v) is 15.3. The van der Waals surface area contributed by atoms with E-state index in [4.69, 9.17) is 4.98 Å². The number of halogens is 3. The number of aliphatic carboxylic acids is 1. The number of carbonyl (C=O) groups is 2. The highest BCUT2D eigenvalue weighted by Gasteiger charge is 2.61. The Balaban J connectivity index is 1.48. The van der Waals surface area contributed by atoms with Crippen LogP contribution in [0.1, 0.15) is 30.9 Å². The van der Waals surface area contributed by atoms with Crippen molar-refractivity contribution in [3.8, 4) is 11.3 Å². The number of fused-ring (bicyclic) bond motifs is 2. The van der Waals surface area contributed by atoms with Gasteiger partial charge in [-0.3, -0.25) is 9.78 Å². The van der Waals surface area contributed by atoms with E-state index in [1.54, 1.807) is 18.3 Å². The number of likely N-dealkylation sites (tertiary alicyclic amines) is 1. The number of nitrogens with zero attached hydrogens (tertiary/aromatic N) is 3. The van der Waals surface area contributed by atoms with Gasteiger partial charge < -0.3 is 20.2 Å². The van der Waals surface area contributed by atoms with Crippen molar-refractivity contribution in [2.24, 2.45) is 5.41 Å². The van der Waals surface area contributed by atoms with Gasteiger partial charge in [0, 0.05) is 30.1 Å². The van der Waals surface area contributed by atoms with Gasteiger partial charge in [-0.2, -0.15) is 13.2 Å². The third-order valence-electron chi connectivity index (χ3n) is 9.15. The average Bonchev–Trinajstić information content (AvgIpc) is 3.02. The number of piperidine rings is 1. The van der Waals surface area contributed by atoms with Gasteiger partial charge in [-0.25, -0.2) is 4.79 Å². The highest BCUT2D eigenvalue weighted by Crippen LogP contribution is 2.46. The first kappa shape index (κ1) is 32.4. The number of aromatic nitrogens is 1. The van der Waals surface area contributed by atoms with Crippen LogP contribution in [0, 0.1) is 5.41 Å². The van der Waals surface area contributed by atoms with Crippen LogP contribution >= 0.6 is 0 Å². The molecule has 1 aromatic heterocycles. The number of carboxylic acids is 1. The molecule has 45 heavy (non-hydrogen) atoms. The lowest BCUT2D eigenvalue weighted by Gasteiger charge is -2.41. The Morgan fingerprint density at radius 1 is 0.956 bits per heavy atom. The van der Waals surface area contributed by atoms with E-state index < -0.39 is 42.4 Å². The summed E-state index contributed by atoms with van der Waals surface area (Å²) in [5, 5.41) is 16.0. The maximum atomic E-state index is 14.3. The SMILES string of the molecule is CCN1CCC(C(=O)N[C@@H](Cc2cccc3c(-c4nccc5c(CCN(C)C)cccc45)cccc23)C(=O)O)(C(F)(F)F)CC1. The van der Waals surface area contributed by atoms with Crippen molar-refractivity contribution in [2.75, 3.05) is 40.3 Å². The normalized spacial score (nSPS) is 16.2. The largest absolute Gasteiger partial charge is 0.480 e. The number of carboxylic acid groups (broad SMARTS) is 1. The summed E-state index contributed by atoms with van der Waals surface area (Å²) in [7, 11) is 4.08. The average molecular weight is 621 g/mol. The summed E-state index contributed by atoms with van der Waals surface area (Å²) in [6, 6.07) is 17.8. The molecule has 1 aliphatic rings. The summed E-state index contributed by atoms with van der Waals surface area (Å²) in [5.41, 5.74) is 0.845. The second-order valence-electron chi connectivity index (χ2n) is 12.1. The quantitative estimate of drug-likeness (QED) is 0.229. The summed E-state index contributed by atoms with van der Waals surface area (Å²) in [5.74, 6) is -2.66. The van der Waals surface area contributed by atoms with E-state index in [1.165, 1.54) is 5.56 Å². The Labute approximate surface area is 261 Å². The Kier molecular flexibility index (Phi) is 9.46. The van der Waals surface area contributed by atoms with E-state index >= 15 is 0 Å².